The molecule has 1 heterocycles. The second-order valence-electron chi connectivity index (χ2n) is 4.10. The topological polar surface area (TPSA) is 57.8 Å². The van der Waals surface area contributed by atoms with Gasteiger partial charge in [0.2, 0.25) is 5.91 Å². The molecule has 4 nitrogen and oxygen atoms in total. The van der Waals surface area contributed by atoms with Crippen LogP contribution in [0.15, 0.2) is 18.2 Å². The lowest BCUT2D eigenvalue weighted by Gasteiger charge is -2.08. The summed E-state index contributed by atoms with van der Waals surface area (Å²) in [5.41, 5.74) is 2.56. The van der Waals surface area contributed by atoms with Gasteiger partial charge in [-0.1, -0.05) is 6.92 Å². The highest BCUT2D eigenvalue weighted by Gasteiger charge is 2.11. The monoisotopic (exact) mass is 251 g/mol. The highest BCUT2D eigenvalue weighted by molar-refractivity contribution is 6.19. The van der Waals surface area contributed by atoms with Crippen molar-refractivity contribution < 1.29 is 4.79 Å². The van der Waals surface area contributed by atoms with Crippen LogP contribution in [0.4, 0.5) is 5.69 Å². The molecule has 1 aromatic carbocycles. The number of benzene rings is 1. The van der Waals surface area contributed by atoms with Crippen molar-refractivity contribution in [1.82, 2.24) is 9.97 Å². The summed E-state index contributed by atoms with van der Waals surface area (Å²) < 4.78 is 0. The summed E-state index contributed by atoms with van der Waals surface area (Å²) >= 11 is 5.63. The zero-order chi connectivity index (χ0) is 12.4. The predicted molar refractivity (Wildman–Crippen MR) is 69.3 cm³/mol. The summed E-state index contributed by atoms with van der Waals surface area (Å²) in [5.74, 6) is 0.904. The highest BCUT2D eigenvalue weighted by Crippen LogP contribution is 2.17. The van der Waals surface area contributed by atoms with Crippen LogP contribution in [0.1, 0.15) is 12.7 Å². The fourth-order valence-corrected chi connectivity index (χ4v) is 1.69. The highest BCUT2D eigenvalue weighted by atomic mass is 35.5. The number of imidazole rings is 1. The number of rotatable bonds is 3. The molecule has 0 aliphatic carbocycles. The Balaban J connectivity index is 2.22. The summed E-state index contributed by atoms with van der Waals surface area (Å²) in [6, 6.07) is 5.58. The maximum Gasteiger partial charge on any atom is 0.228 e. The van der Waals surface area contributed by atoms with Crippen molar-refractivity contribution in [2.75, 3.05) is 11.2 Å². The van der Waals surface area contributed by atoms with Gasteiger partial charge < -0.3 is 10.3 Å². The van der Waals surface area contributed by atoms with Crippen LogP contribution in [0.3, 0.4) is 0 Å². The lowest BCUT2D eigenvalue weighted by atomic mass is 10.2. The third kappa shape index (κ3) is 2.58. The first-order chi connectivity index (χ1) is 8.10. The Kier molecular flexibility index (Phi) is 3.33. The Bertz CT molecular complexity index is 550. The van der Waals surface area contributed by atoms with Gasteiger partial charge in [0.05, 0.1) is 11.0 Å². The second kappa shape index (κ2) is 4.75. The number of aromatic amines is 1. The maximum atomic E-state index is 11.7. The van der Waals surface area contributed by atoms with Crippen LogP contribution in [0.25, 0.3) is 11.0 Å². The molecule has 0 bridgehead atoms. The Labute approximate surface area is 104 Å². The second-order valence-corrected chi connectivity index (χ2v) is 4.41. The number of nitrogens with one attached hydrogen (secondary N) is 2. The number of carbonyl (C=O) groups excluding carboxylic acids is 1. The first-order valence-electron chi connectivity index (χ1n) is 5.43. The molecule has 0 saturated carbocycles. The third-order valence-corrected chi connectivity index (χ3v) is 3.01. The molecule has 1 atom stereocenters. The molecule has 1 aromatic heterocycles. The summed E-state index contributed by atoms with van der Waals surface area (Å²) in [5, 5.41) is 2.82. The van der Waals surface area contributed by atoms with Crippen molar-refractivity contribution in [1.29, 1.82) is 0 Å². The van der Waals surface area contributed by atoms with Crippen molar-refractivity contribution in [2.24, 2.45) is 5.92 Å². The van der Waals surface area contributed by atoms with E-state index in [9.17, 15) is 4.79 Å². The fraction of sp³-hybridized carbons (Fsp3) is 0.333. The van der Waals surface area contributed by atoms with Crippen molar-refractivity contribution in [3.63, 3.8) is 0 Å². The van der Waals surface area contributed by atoms with E-state index in [0.29, 0.717) is 5.88 Å². The molecular formula is C12H14ClN3O. The van der Waals surface area contributed by atoms with E-state index < -0.39 is 0 Å². The molecule has 0 spiro atoms. The molecule has 0 radical (unpaired) electrons. The number of amides is 1. The smallest absolute Gasteiger partial charge is 0.228 e. The Morgan fingerprint density at radius 3 is 3.06 bits per heavy atom. The van der Waals surface area contributed by atoms with Gasteiger partial charge in [0.25, 0.3) is 0 Å². The minimum Gasteiger partial charge on any atom is -0.342 e. The van der Waals surface area contributed by atoms with Crippen LogP contribution in [-0.4, -0.2) is 21.8 Å². The number of aromatic nitrogens is 2. The summed E-state index contributed by atoms with van der Waals surface area (Å²) in [6.07, 6.45) is 0. The van der Waals surface area contributed by atoms with Crippen LogP contribution in [0, 0.1) is 12.8 Å². The average Bonchev–Trinajstić information content (AvgIpc) is 2.67. The van der Waals surface area contributed by atoms with Gasteiger partial charge in [0.15, 0.2) is 0 Å². The van der Waals surface area contributed by atoms with Gasteiger partial charge in [0.1, 0.15) is 5.82 Å². The Morgan fingerprint density at radius 2 is 2.35 bits per heavy atom. The van der Waals surface area contributed by atoms with Gasteiger partial charge in [0, 0.05) is 17.5 Å². The number of halogens is 1. The molecule has 0 aliphatic heterocycles. The predicted octanol–water partition coefficient (Wildman–Crippen LogP) is 2.68. The molecule has 0 aliphatic rings. The molecule has 0 fully saturated rings. The summed E-state index contributed by atoms with van der Waals surface area (Å²) in [4.78, 5) is 19.1. The fourth-order valence-electron chi connectivity index (χ4n) is 1.55. The largest absolute Gasteiger partial charge is 0.342 e. The quantitative estimate of drug-likeness (QED) is 0.824. The van der Waals surface area contributed by atoms with Gasteiger partial charge in [-0.05, 0) is 25.1 Å². The van der Waals surface area contributed by atoms with Crippen molar-refractivity contribution in [3.05, 3.63) is 24.0 Å². The van der Waals surface area contributed by atoms with Crippen LogP contribution in [-0.2, 0) is 4.79 Å². The van der Waals surface area contributed by atoms with E-state index in [4.69, 9.17) is 11.6 Å². The standard InChI is InChI=1S/C12H14ClN3O/c1-7(6-13)12(17)16-9-3-4-10-11(5-9)15-8(2)14-10/h3-5,7H,6H2,1-2H3,(H,14,15)(H,16,17). The van der Waals surface area contributed by atoms with E-state index in [1.54, 1.807) is 6.92 Å². The first kappa shape index (κ1) is 11.9. The van der Waals surface area contributed by atoms with Gasteiger partial charge in [-0.2, -0.15) is 0 Å². The number of carbonyl (C=O) groups is 1. The normalized spacial score (nSPS) is 12.6. The molecule has 2 N–H and O–H groups in total. The van der Waals surface area contributed by atoms with E-state index in [-0.39, 0.29) is 11.8 Å². The molecule has 17 heavy (non-hydrogen) atoms. The average molecular weight is 252 g/mol. The lowest BCUT2D eigenvalue weighted by Crippen LogP contribution is -2.21. The number of fused-ring (bicyclic) bond motifs is 1. The molecule has 2 rings (SSSR count). The van der Waals surface area contributed by atoms with E-state index in [1.807, 2.05) is 25.1 Å². The van der Waals surface area contributed by atoms with Gasteiger partial charge in [-0.3, -0.25) is 4.79 Å². The van der Waals surface area contributed by atoms with E-state index in [1.165, 1.54) is 0 Å². The molecule has 1 unspecified atom stereocenters. The SMILES string of the molecule is Cc1nc2ccc(NC(=O)C(C)CCl)cc2[nH]1. The summed E-state index contributed by atoms with van der Waals surface area (Å²) in [6.45, 7) is 3.69. The zero-order valence-electron chi connectivity index (χ0n) is 9.75. The number of alkyl halides is 1. The number of hydrogen-bond donors (Lipinski definition) is 2. The number of aryl methyl sites for hydroxylation is 1. The van der Waals surface area contributed by atoms with Crippen LogP contribution >= 0.6 is 11.6 Å². The molecular weight excluding hydrogens is 238 g/mol. The molecule has 2 aromatic rings. The van der Waals surface area contributed by atoms with Crippen LogP contribution < -0.4 is 5.32 Å². The Hall–Kier alpha value is -1.55. The van der Waals surface area contributed by atoms with Crippen LogP contribution in [0.2, 0.25) is 0 Å². The minimum absolute atomic E-state index is 0.0735. The number of nitrogens with zero attached hydrogens (tertiary/aromatic N) is 1. The van der Waals surface area contributed by atoms with E-state index in [0.717, 1.165) is 22.5 Å². The number of H-pyrrole nitrogens is 1. The maximum absolute atomic E-state index is 11.7. The lowest BCUT2D eigenvalue weighted by molar-refractivity contribution is -0.118. The van der Waals surface area contributed by atoms with Crippen molar-refractivity contribution in [2.45, 2.75) is 13.8 Å². The van der Waals surface area contributed by atoms with Gasteiger partial charge >= 0.3 is 0 Å². The third-order valence-electron chi connectivity index (χ3n) is 2.55. The molecule has 5 heteroatoms. The first-order valence-corrected chi connectivity index (χ1v) is 5.97. The molecule has 0 saturated heterocycles. The molecule has 1 amide bonds. The van der Waals surface area contributed by atoms with E-state index >= 15 is 0 Å². The minimum atomic E-state index is -0.198. The number of hydrogen-bond acceptors (Lipinski definition) is 2. The number of anilines is 1. The van der Waals surface area contributed by atoms with Gasteiger partial charge in [-0.15, -0.1) is 11.6 Å². The van der Waals surface area contributed by atoms with Gasteiger partial charge in [-0.25, -0.2) is 4.98 Å². The van der Waals surface area contributed by atoms with E-state index in [2.05, 4.69) is 15.3 Å². The van der Waals surface area contributed by atoms with Crippen molar-refractivity contribution in [3.8, 4) is 0 Å². The Morgan fingerprint density at radius 1 is 1.59 bits per heavy atom. The van der Waals surface area contributed by atoms with Crippen LogP contribution in [0.5, 0.6) is 0 Å². The summed E-state index contributed by atoms with van der Waals surface area (Å²) in [7, 11) is 0. The zero-order valence-corrected chi connectivity index (χ0v) is 10.5. The molecule has 90 valence electrons. The van der Waals surface area contributed by atoms with Crippen molar-refractivity contribution >= 4 is 34.2 Å².